The zero-order valence-electron chi connectivity index (χ0n) is 9.70. The molecule has 5 nitrogen and oxygen atoms in total. The van der Waals surface area contributed by atoms with Crippen LogP contribution in [0.1, 0.15) is 20.8 Å². The summed E-state index contributed by atoms with van der Waals surface area (Å²) in [4.78, 5) is 35.7. The maximum absolute atomic E-state index is 11.8. The Labute approximate surface area is 98.9 Å². The van der Waals surface area contributed by atoms with Gasteiger partial charge in [-0.05, 0) is 13.8 Å². The van der Waals surface area contributed by atoms with E-state index < -0.39 is 5.54 Å². The number of piperazine rings is 1. The lowest BCUT2D eigenvalue weighted by atomic mass is 9.99. The summed E-state index contributed by atoms with van der Waals surface area (Å²) in [6, 6.07) is 0. The highest BCUT2D eigenvalue weighted by Gasteiger charge is 2.40. The topological polar surface area (TPSA) is 66.5 Å². The van der Waals surface area contributed by atoms with Crippen LogP contribution in [0.3, 0.4) is 0 Å². The Morgan fingerprint density at radius 2 is 2.12 bits per heavy atom. The number of hydrogen-bond acceptors (Lipinski definition) is 4. The molecule has 0 aliphatic carbocycles. The predicted octanol–water partition coefficient (Wildman–Crippen LogP) is 0.00310. The smallest absolute Gasteiger partial charge is 0.245 e. The van der Waals surface area contributed by atoms with Crippen LogP contribution in [0.4, 0.5) is 0 Å². The number of thioether (sulfide) groups is 1. The van der Waals surface area contributed by atoms with Gasteiger partial charge in [0.15, 0.2) is 5.12 Å². The van der Waals surface area contributed by atoms with Crippen molar-refractivity contribution in [2.75, 3.05) is 18.8 Å². The zero-order valence-corrected chi connectivity index (χ0v) is 10.5. The fourth-order valence-corrected chi connectivity index (χ4v) is 2.06. The van der Waals surface area contributed by atoms with E-state index in [1.165, 1.54) is 11.8 Å². The van der Waals surface area contributed by atoms with Crippen molar-refractivity contribution in [2.45, 2.75) is 26.3 Å². The van der Waals surface area contributed by atoms with E-state index in [4.69, 9.17) is 0 Å². The first kappa shape index (κ1) is 13.0. The van der Waals surface area contributed by atoms with Gasteiger partial charge in [-0.1, -0.05) is 11.8 Å². The molecule has 1 aliphatic rings. The van der Waals surface area contributed by atoms with Gasteiger partial charge in [0, 0.05) is 20.0 Å². The number of nitrogens with one attached hydrogen (secondary N) is 1. The van der Waals surface area contributed by atoms with E-state index in [1.54, 1.807) is 13.8 Å². The fourth-order valence-electron chi connectivity index (χ4n) is 1.58. The predicted molar refractivity (Wildman–Crippen MR) is 61.9 cm³/mol. The summed E-state index contributed by atoms with van der Waals surface area (Å²) in [5.74, 6) is -0.216. The molecule has 2 amide bonds. The van der Waals surface area contributed by atoms with Gasteiger partial charge in [0.1, 0.15) is 5.54 Å². The summed E-state index contributed by atoms with van der Waals surface area (Å²) in [5, 5.41) is 2.63. The summed E-state index contributed by atoms with van der Waals surface area (Å²) < 4.78 is 0. The Balaban J connectivity index is 2.67. The monoisotopic (exact) mass is 244 g/mol. The molecule has 1 N–H and O–H groups in total. The van der Waals surface area contributed by atoms with Crippen LogP contribution < -0.4 is 5.32 Å². The van der Waals surface area contributed by atoms with Gasteiger partial charge < -0.3 is 10.2 Å². The summed E-state index contributed by atoms with van der Waals surface area (Å²) in [6.07, 6.45) is 0. The molecule has 16 heavy (non-hydrogen) atoms. The summed E-state index contributed by atoms with van der Waals surface area (Å²) in [6.45, 7) is 5.80. The molecule has 0 saturated carbocycles. The first-order chi connectivity index (χ1) is 7.35. The standard InChI is InChI=1S/C10H16N2O3S/c1-7(13)16-6-8(14)12-5-4-11-9(15)10(12,2)3/h4-6H2,1-3H3,(H,11,15). The van der Waals surface area contributed by atoms with Gasteiger partial charge in [-0.3, -0.25) is 14.4 Å². The van der Waals surface area contributed by atoms with E-state index in [1.807, 2.05) is 0 Å². The van der Waals surface area contributed by atoms with Crippen molar-refractivity contribution in [3.63, 3.8) is 0 Å². The highest BCUT2D eigenvalue weighted by Crippen LogP contribution is 2.19. The molecule has 0 aromatic heterocycles. The third-order valence-electron chi connectivity index (χ3n) is 2.55. The van der Waals surface area contributed by atoms with Gasteiger partial charge in [0.05, 0.1) is 5.75 Å². The molecule has 1 fully saturated rings. The quantitative estimate of drug-likeness (QED) is 0.742. The number of rotatable bonds is 2. The van der Waals surface area contributed by atoms with Crippen LogP contribution in [0.25, 0.3) is 0 Å². The molecule has 1 rings (SSSR count). The molecule has 0 unspecified atom stereocenters. The second-order valence-corrected chi connectivity index (χ2v) is 5.29. The van der Waals surface area contributed by atoms with Crippen LogP contribution >= 0.6 is 11.8 Å². The Morgan fingerprint density at radius 1 is 1.50 bits per heavy atom. The molecule has 0 radical (unpaired) electrons. The number of carbonyl (C=O) groups excluding carboxylic acids is 3. The van der Waals surface area contributed by atoms with Crippen LogP contribution in [-0.4, -0.2) is 46.2 Å². The van der Waals surface area contributed by atoms with Gasteiger partial charge in [0.2, 0.25) is 11.8 Å². The van der Waals surface area contributed by atoms with Gasteiger partial charge in [-0.15, -0.1) is 0 Å². The zero-order chi connectivity index (χ0) is 12.3. The molecular formula is C10H16N2O3S. The molecule has 1 aliphatic heterocycles. The highest BCUT2D eigenvalue weighted by molar-refractivity contribution is 8.14. The van der Waals surface area contributed by atoms with E-state index in [2.05, 4.69) is 5.32 Å². The van der Waals surface area contributed by atoms with Crippen LogP contribution in [0.2, 0.25) is 0 Å². The molecule has 90 valence electrons. The van der Waals surface area contributed by atoms with E-state index >= 15 is 0 Å². The summed E-state index contributed by atoms with van der Waals surface area (Å²) in [5.41, 5.74) is -0.827. The van der Waals surface area contributed by atoms with Crippen molar-refractivity contribution in [2.24, 2.45) is 0 Å². The molecule has 0 bridgehead atoms. The molecule has 0 spiro atoms. The second-order valence-electron chi connectivity index (χ2n) is 4.14. The van der Waals surface area contributed by atoms with Crippen LogP contribution in [-0.2, 0) is 14.4 Å². The molecule has 0 aromatic rings. The van der Waals surface area contributed by atoms with E-state index in [0.717, 1.165) is 11.8 Å². The van der Waals surface area contributed by atoms with E-state index in [9.17, 15) is 14.4 Å². The number of nitrogens with zero attached hydrogens (tertiary/aromatic N) is 1. The second kappa shape index (κ2) is 4.86. The molecule has 0 aromatic carbocycles. The lowest BCUT2D eigenvalue weighted by Gasteiger charge is -2.41. The maximum atomic E-state index is 11.8. The Morgan fingerprint density at radius 3 is 2.69 bits per heavy atom. The van der Waals surface area contributed by atoms with Crippen LogP contribution in [0.5, 0.6) is 0 Å². The largest absolute Gasteiger partial charge is 0.352 e. The molecule has 1 saturated heterocycles. The van der Waals surface area contributed by atoms with Crippen molar-refractivity contribution in [1.29, 1.82) is 0 Å². The van der Waals surface area contributed by atoms with Crippen LogP contribution in [0.15, 0.2) is 0 Å². The van der Waals surface area contributed by atoms with Gasteiger partial charge in [-0.25, -0.2) is 0 Å². The SMILES string of the molecule is CC(=O)SCC(=O)N1CCNC(=O)C1(C)C. The summed E-state index contributed by atoms with van der Waals surface area (Å²) in [7, 11) is 0. The molecular weight excluding hydrogens is 228 g/mol. The van der Waals surface area contributed by atoms with Crippen molar-refractivity contribution < 1.29 is 14.4 Å². The highest BCUT2D eigenvalue weighted by atomic mass is 32.2. The fraction of sp³-hybridized carbons (Fsp3) is 0.700. The Hall–Kier alpha value is -1.04. The Kier molecular flexibility index (Phi) is 3.96. The Bertz CT molecular complexity index is 328. The minimum atomic E-state index is -0.827. The minimum absolute atomic E-state index is 0.0902. The van der Waals surface area contributed by atoms with E-state index in [-0.39, 0.29) is 22.7 Å². The average Bonchev–Trinajstić information content (AvgIpc) is 2.18. The normalized spacial score (nSPS) is 19.2. The molecule has 0 atom stereocenters. The van der Waals surface area contributed by atoms with Crippen molar-refractivity contribution in [3.8, 4) is 0 Å². The first-order valence-corrected chi connectivity index (χ1v) is 6.06. The third kappa shape index (κ3) is 2.75. The van der Waals surface area contributed by atoms with Gasteiger partial charge >= 0.3 is 0 Å². The lowest BCUT2D eigenvalue weighted by molar-refractivity contribution is -0.147. The van der Waals surface area contributed by atoms with Gasteiger partial charge in [0.25, 0.3) is 0 Å². The van der Waals surface area contributed by atoms with Crippen molar-refractivity contribution in [1.82, 2.24) is 10.2 Å². The lowest BCUT2D eigenvalue weighted by Crippen LogP contribution is -2.63. The van der Waals surface area contributed by atoms with Crippen LogP contribution in [0, 0.1) is 0 Å². The van der Waals surface area contributed by atoms with Crippen molar-refractivity contribution in [3.05, 3.63) is 0 Å². The average molecular weight is 244 g/mol. The maximum Gasteiger partial charge on any atom is 0.245 e. The van der Waals surface area contributed by atoms with E-state index in [0.29, 0.717) is 13.1 Å². The first-order valence-electron chi connectivity index (χ1n) is 5.08. The molecule has 1 heterocycles. The molecule has 6 heteroatoms. The number of amides is 2. The minimum Gasteiger partial charge on any atom is -0.352 e. The van der Waals surface area contributed by atoms with Crippen molar-refractivity contribution >= 4 is 28.7 Å². The van der Waals surface area contributed by atoms with Gasteiger partial charge in [-0.2, -0.15) is 0 Å². The number of hydrogen-bond donors (Lipinski definition) is 1. The number of carbonyl (C=O) groups is 3. The summed E-state index contributed by atoms with van der Waals surface area (Å²) >= 11 is 0.973. The third-order valence-corrected chi connectivity index (χ3v) is 3.35.